The average molecular weight is 510 g/mol. The molecule has 2 aromatic heterocycles. The Morgan fingerprint density at radius 3 is 2.87 bits per heavy atom. The molecule has 0 amide bonds. The van der Waals surface area contributed by atoms with Crippen molar-refractivity contribution in [1.82, 2.24) is 14.5 Å². The van der Waals surface area contributed by atoms with Gasteiger partial charge in [0.25, 0.3) is 6.01 Å². The van der Waals surface area contributed by atoms with E-state index in [2.05, 4.69) is 21.4 Å². The van der Waals surface area contributed by atoms with Crippen LogP contribution in [0.15, 0.2) is 53.3 Å². The molecule has 0 radical (unpaired) electrons. The molecular formula is C30H28FN5O2. The molecule has 38 heavy (non-hydrogen) atoms. The molecule has 9 rings (SSSR count). The minimum atomic E-state index is -0.518. The van der Waals surface area contributed by atoms with Crippen molar-refractivity contribution < 1.29 is 13.9 Å². The highest BCUT2D eigenvalue weighted by atomic mass is 19.1. The van der Waals surface area contributed by atoms with E-state index < -0.39 is 6.10 Å². The minimum Gasteiger partial charge on any atom is -0.424 e. The monoisotopic (exact) mass is 509 g/mol. The molecule has 4 aromatic rings. The van der Waals surface area contributed by atoms with Crippen LogP contribution < -0.4 is 5.32 Å². The van der Waals surface area contributed by atoms with Crippen molar-refractivity contribution in [3.8, 4) is 17.3 Å². The van der Waals surface area contributed by atoms with E-state index in [0.29, 0.717) is 46.9 Å². The van der Waals surface area contributed by atoms with E-state index in [1.165, 1.54) is 6.07 Å². The third kappa shape index (κ3) is 3.15. The van der Waals surface area contributed by atoms with E-state index in [9.17, 15) is 10.4 Å². The Morgan fingerprint density at radius 1 is 1.21 bits per heavy atom. The lowest BCUT2D eigenvalue weighted by Gasteiger charge is -2.61. The summed E-state index contributed by atoms with van der Waals surface area (Å²) in [5, 5.41) is 24.6. The van der Waals surface area contributed by atoms with Gasteiger partial charge in [-0.1, -0.05) is 12.1 Å². The predicted molar refractivity (Wildman–Crippen MR) is 139 cm³/mol. The van der Waals surface area contributed by atoms with Crippen molar-refractivity contribution in [2.45, 2.75) is 56.7 Å². The quantitative estimate of drug-likeness (QED) is 0.360. The molecule has 4 saturated carbocycles. The number of aliphatic hydroxyl groups is 1. The van der Waals surface area contributed by atoms with Crippen LogP contribution in [0, 0.1) is 40.3 Å². The van der Waals surface area contributed by atoms with Gasteiger partial charge in [-0.15, -0.1) is 0 Å². The molecular weight excluding hydrogens is 481 g/mol. The summed E-state index contributed by atoms with van der Waals surface area (Å²) in [5.41, 5.74) is 4.26. The first-order valence-corrected chi connectivity index (χ1v) is 13.6. The largest absolute Gasteiger partial charge is 0.424 e. The van der Waals surface area contributed by atoms with Crippen LogP contribution in [0.2, 0.25) is 0 Å². The van der Waals surface area contributed by atoms with Crippen LogP contribution in [-0.2, 0) is 0 Å². The van der Waals surface area contributed by atoms with E-state index in [1.807, 2.05) is 16.7 Å². The number of oxazole rings is 1. The number of nitriles is 1. The molecule has 4 atom stereocenters. The van der Waals surface area contributed by atoms with Crippen LogP contribution in [0.3, 0.4) is 0 Å². The number of halogens is 1. The zero-order valence-electron chi connectivity index (χ0n) is 20.8. The number of benzene rings is 2. The fourth-order valence-corrected chi connectivity index (χ4v) is 8.62. The highest BCUT2D eigenvalue weighted by molar-refractivity contribution is 5.76. The summed E-state index contributed by atoms with van der Waals surface area (Å²) in [5.74, 6) is 1.26. The van der Waals surface area contributed by atoms with Crippen molar-refractivity contribution in [1.29, 1.82) is 5.26 Å². The molecule has 4 fully saturated rings. The molecule has 1 aliphatic heterocycles. The SMILES string of the molecule is N#Cc1ccc2nc(NC3C4CC5CC3CC(C(O)CC3c6c(F)cccc6-c6cncn63)(C5)C4)oc2c1. The predicted octanol–water partition coefficient (Wildman–Crippen LogP) is 5.66. The molecule has 7 nitrogen and oxygen atoms in total. The molecule has 4 unspecified atom stereocenters. The lowest BCUT2D eigenvalue weighted by Crippen LogP contribution is -2.59. The molecule has 3 heterocycles. The number of anilines is 1. The number of imidazole rings is 1. The van der Waals surface area contributed by atoms with Crippen molar-refractivity contribution >= 4 is 17.1 Å². The summed E-state index contributed by atoms with van der Waals surface area (Å²) in [4.78, 5) is 8.94. The van der Waals surface area contributed by atoms with Gasteiger partial charge in [0.15, 0.2) is 5.58 Å². The Morgan fingerprint density at radius 2 is 2.05 bits per heavy atom. The third-order valence-electron chi connectivity index (χ3n) is 9.95. The molecule has 0 spiro atoms. The van der Waals surface area contributed by atoms with Gasteiger partial charge in [0.2, 0.25) is 0 Å². The second-order valence-electron chi connectivity index (χ2n) is 12.0. The Balaban J connectivity index is 1.05. The van der Waals surface area contributed by atoms with Gasteiger partial charge in [-0.2, -0.15) is 10.2 Å². The Bertz CT molecular complexity index is 1600. The number of nitrogens with zero attached hydrogens (tertiary/aromatic N) is 4. The van der Waals surface area contributed by atoms with Crippen molar-refractivity contribution in [2.24, 2.45) is 23.2 Å². The Kier molecular flexibility index (Phi) is 4.64. The number of hydrogen-bond acceptors (Lipinski definition) is 6. The topological polar surface area (TPSA) is 99.9 Å². The molecule has 5 aliphatic rings. The van der Waals surface area contributed by atoms with Crippen molar-refractivity contribution in [3.05, 3.63) is 65.9 Å². The molecule has 2 N–H and O–H groups in total. The zero-order chi connectivity index (χ0) is 25.6. The smallest absolute Gasteiger partial charge is 0.295 e. The molecule has 4 bridgehead atoms. The summed E-state index contributed by atoms with van der Waals surface area (Å²) >= 11 is 0. The summed E-state index contributed by atoms with van der Waals surface area (Å²) in [7, 11) is 0. The van der Waals surface area contributed by atoms with Crippen molar-refractivity contribution in [3.63, 3.8) is 0 Å². The first-order valence-electron chi connectivity index (χ1n) is 13.6. The van der Waals surface area contributed by atoms with E-state index >= 15 is 4.39 Å². The molecule has 0 saturated heterocycles. The van der Waals surface area contributed by atoms with Gasteiger partial charge in [-0.25, -0.2) is 9.37 Å². The van der Waals surface area contributed by atoms with E-state index in [-0.39, 0.29) is 23.3 Å². The van der Waals surface area contributed by atoms with Crippen LogP contribution in [0.1, 0.15) is 55.7 Å². The number of fused-ring (bicyclic) bond motifs is 4. The summed E-state index contributed by atoms with van der Waals surface area (Å²) in [6, 6.07) is 13.2. The van der Waals surface area contributed by atoms with Gasteiger partial charge in [-0.3, -0.25) is 0 Å². The highest BCUT2D eigenvalue weighted by Crippen LogP contribution is 2.63. The average Bonchev–Trinajstić information content (AvgIpc) is 3.61. The second kappa shape index (κ2) is 7.90. The maximum Gasteiger partial charge on any atom is 0.295 e. The highest BCUT2D eigenvalue weighted by Gasteiger charge is 2.58. The maximum atomic E-state index is 15.0. The maximum absolute atomic E-state index is 15.0. The van der Waals surface area contributed by atoms with Crippen LogP contribution in [0.4, 0.5) is 10.4 Å². The van der Waals surface area contributed by atoms with Gasteiger partial charge in [-0.05, 0) is 79.9 Å². The van der Waals surface area contributed by atoms with Gasteiger partial charge in [0, 0.05) is 23.2 Å². The number of nitrogens with one attached hydrogen (secondary N) is 1. The standard InChI is InChI=1S/C30H28FN5O2/c31-21-3-1-2-20-24-14-33-15-36(24)23(27(20)21)9-26(37)30-10-17-6-18(11-30)28(19(7-17)12-30)35-29-34-22-5-4-16(13-32)8-25(22)38-29/h1-5,8,14-15,17-19,23,26,28,37H,6-7,9-12H2,(H,34,35). The molecule has 2 aromatic carbocycles. The number of rotatable bonds is 5. The number of hydrogen-bond donors (Lipinski definition) is 2. The molecule has 192 valence electrons. The summed E-state index contributed by atoms with van der Waals surface area (Å²) in [6.45, 7) is 0. The molecule has 4 aliphatic carbocycles. The third-order valence-corrected chi connectivity index (χ3v) is 9.95. The second-order valence-corrected chi connectivity index (χ2v) is 12.0. The Hall–Kier alpha value is -3.70. The van der Waals surface area contributed by atoms with E-state index in [0.717, 1.165) is 48.9 Å². The van der Waals surface area contributed by atoms with Crippen LogP contribution in [0.25, 0.3) is 22.4 Å². The van der Waals surface area contributed by atoms with Gasteiger partial charge >= 0.3 is 0 Å². The minimum absolute atomic E-state index is 0.146. The number of aromatic nitrogens is 3. The van der Waals surface area contributed by atoms with Gasteiger partial charge < -0.3 is 19.4 Å². The van der Waals surface area contributed by atoms with Crippen LogP contribution in [-0.4, -0.2) is 31.8 Å². The van der Waals surface area contributed by atoms with Crippen LogP contribution in [0.5, 0.6) is 0 Å². The lowest BCUT2D eigenvalue weighted by atomic mass is 9.46. The fraction of sp³-hybridized carbons (Fsp3) is 0.433. The first kappa shape index (κ1) is 22.3. The lowest BCUT2D eigenvalue weighted by molar-refractivity contribution is -0.129. The Labute approximate surface area is 219 Å². The van der Waals surface area contributed by atoms with Crippen LogP contribution >= 0.6 is 0 Å². The normalized spacial score (nSPS) is 31.2. The summed E-state index contributed by atoms with van der Waals surface area (Å²) < 4.78 is 23.0. The number of aliphatic hydroxyl groups excluding tert-OH is 1. The van der Waals surface area contributed by atoms with E-state index in [1.54, 1.807) is 30.7 Å². The van der Waals surface area contributed by atoms with Gasteiger partial charge in [0.05, 0.1) is 42.0 Å². The molecule has 8 heteroatoms. The van der Waals surface area contributed by atoms with Crippen molar-refractivity contribution in [2.75, 3.05) is 5.32 Å². The summed E-state index contributed by atoms with van der Waals surface area (Å²) in [6.07, 6.45) is 8.77. The fourth-order valence-electron chi connectivity index (χ4n) is 8.62. The first-order chi connectivity index (χ1) is 18.5. The van der Waals surface area contributed by atoms with E-state index in [4.69, 9.17) is 4.42 Å². The van der Waals surface area contributed by atoms with Gasteiger partial charge in [0.1, 0.15) is 11.3 Å². The zero-order valence-corrected chi connectivity index (χ0v) is 20.8.